The maximum Gasteiger partial charge on any atom is 0.0546 e. The first kappa shape index (κ1) is 34.1. The molecule has 0 atom stereocenters. The lowest BCUT2D eigenvalue weighted by Gasteiger charge is -2.32. The van der Waals surface area contributed by atoms with Gasteiger partial charge in [-0.15, -0.1) is 11.3 Å². The predicted octanol–water partition coefficient (Wildman–Crippen LogP) is 16.3. The standard InChI is InChI=1S/C55H43NS/c1-54(2,3)45-28-30-48(40-20-11-10-19-39(40)45)56(37-26-27-46-44(33-37)43-31-35-16-6-7-17-36(35)32-47(43)55(46,4)5)49-29-25-34-15-8-9-18-38(34)52(49)42-22-14-24-51-53(42)41-21-12-13-23-50(41)57-51/h6-33H,1-5H3. The molecule has 1 nitrogen and oxygen atoms in total. The van der Waals surface area contributed by atoms with Gasteiger partial charge in [-0.3, -0.25) is 0 Å². The Labute approximate surface area is 338 Å². The van der Waals surface area contributed by atoms with Crippen molar-refractivity contribution < 1.29 is 0 Å². The van der Waals surface area contributed by atoms with Gasteiger partial charge in [-0.1, -0.05) is 156 Å². The van der Waals surface area contributed by atoms with E-state index in [2.05, 4.69) is 209 Å². The van der Waals surface area contributed by atoms with Gasteiger partial charge in [0, 0.05) is 42.2 Å². The Balaban J connectivity index is 1.26. The second-order valence-electron chi connectivity index (χ2n) is 17.3. The third-order valence-corrected chi connectivity index (χ3v) is 13.7. The fraction of sp³-hybridized carbons (Fsp3) is 0.127. The molecule has 0 saturated heterocycles. The Bertz CT molecular complexity index is 3260. The quantitative estimate of drug-likeness (QED) is 0.173. The maximum atomic E-state index is 2.57. The van der Waals surface area contributed by atoms with E-state index in [-0.39, 0.29) is 10.8 Å². The number of rotatable bonds is 4. The number of hydrogen-bond acceptors (Lipinski definition) is 2. The highest BCUT2D eigenvalue weighted by Gasteiger charge is 2.36. The molecule has 0 saturated carbocycles. The van der Waals surface area contributed by atoms with Crippen molar-refractivity contribution in [2.24, 2.45) is 0 Å². The molecule has 57 heavy (non-hydrogen) atoms. The molecular formula is C55H43NS. The van der Waals surface area contributed by atoms with E-state index < -0.39 is 0 Å². The van der Waals surface area contributed by atoms with Gasteiger partial charge in [0.25, 0.3) is 0 Å². The summed E-state index contributed by atoms with van der Waals surface area (Å²) in [6.07, 6.45) is 0. The lowest BCUT2D eigenvalue weighted by molar-refractivity contribution is 0.596. The van der Waals surface area contributed by atoms with Crippen LogP contribution in [0.4, 0.5) is 17.1 Å². The minimum Gasteiger partial charge on any atom is -0.309 e. The van der Waals surface area contributed by atoms with Crippen LogP contribution in [0.15, 0.2) is 170 Å². The second-order valence-corrected chi connectivity index (χ2v) is 18.4. The van der Waals surface area contributed by atoms with Crippen molar-refractivity contribution >= 4 is 80.9 Å². The van der Waals surface area contributed by atoms with Gasteiger partial charge in [0.2, 0.25) is 0 Å². The van der Waals surface area contributed by atoms with E-state index in [1.807, 2.05) is 11.3 Å². The summed E-state index contributed by atoms with van der Waals surface area (Å²) in [4.78, 5) is 2.57. The Morgan fingerprint density at radius 3 is 1.88 bits per heavy atom. The second kappa shape index (κ2) is 12.4. The number of fused-ring (bicyclic) bond motifs is 9. The molecule has 0 aliphatic heterocycles. The van der Waals surface area contributed by atoms with Crippen molar-refractivity contribution in [3.05, 3.63) is 187 Å². The topological polar surface area (TPSA) is 3.24 Å². The van der Waals surface area contributed by atoms with Crippen LogP contribution in [-0.2, 0) is 10.8 Å². The van der Waals surface area contributed by atoms with Crippen molar-refractivity contribution in [1.29, 1.82) is 0 Å². The van der Waals surface area contributed by atoms with Gasteiger partial charge >= 0.3 is 0 Å². The molecule has 1 heterocycles. The van der Waals surface area contributed by atoms with Crippen LogP contribution in [0.1, 0.15) is 51.3 Å². The van der Waals surface area contributed by atoms with Gasteiger partial charge in [-0.2, -0.15) is 0 Å². The number of hydrogen-bond donors (Lipinski definition) is 0. The molecule has 1 aliphatic carbocycles. The summed E-state index contributed by atoms with van der Waals surface area (Å²) in [5.74, 6) is 0. The third-order valence-electron chi connectivity index (χ3n) is 12.6. The SMILES string of the molecule is CC(C)(C)c1ccc(N(c2ccc3c(c2)-c2cc4ccccc4cc2C3(C)C)c2ccc3ccccc3c2-c2cccc3sc4ccccc4c23)c2ccccc12. The number of thiophene rings is 1. The maximum absolute atomic E-state index is 2.57. The molecule has 1 aliphatic rings. The van der Waals surface area contributed by atoms with Crippen LogP contribution in [0.25, 0.3) is 74.7 Å². The van der Waals surface area contributed by atoms with Crippen molar-refractivity contribution in [3.8, 4) is 22.3 Å². The zero-order valence-electron chi connectivity index (χ0n) is 33.0. The van der Waals surface area contributed by atoms with E-state index in [0.717, 1.165) is 5.69 Å². The van der Waals surface area contributed by atoms with Crippen LogP contribution < -0.4 is 4.90 Å². The molecule has 2 heteroatoms. The third kappa shape index (κ3) is 5.13. The van der Waals surface area contributed by atoms with E-state index in [1.165, 1.54) is 103 Å². The number of anilines is 3. The molecule has 0 bridgehead atoms. The zero-order chi connectivity index (χ0) is 38.6. The Morgan fingerprint density at radius 2 is 1.09 bits per heavy atom. The average Bonchev–Trinajstić information content (AvgIpc) is 3.71. The Hall–Kier alpha value is -6.22. The molecule has 0 N–H and O–H groups in total. The largest absolute Gasteiger partial charge is 0.309 e. The molecule has 0 amide bonds. The lowest BCUT2D eigenvalue weighted by Crippen LogP contribution is -2.16. The van der Waals surface area contributed by atoms with Gasteiger partial charge in [-0.05, 0) is 114 Å². The lowest BCUT2D eigenvalue weighted by atomic mass is 9.82. The zero-order valence-corrected chi connectivity index (χ0v) is 33.8. The summed E-state index contributed by atoms with van der Waals surface area (Å²) in [7, 11) is 0. The van der Waals surface area contributed by atoms with E-state index >= 15 is 0 Å². The minimum atomic E-state index is -0.122. The fourth-order valence-corrected chi connectivity index (χ4v) is 10.9. The van der Waals surface area contributed by atoms with E-state index in [0.29, 0.717) is 0 Å². The molecule has 0 fully saturated rings. The van der Waals surface area contributed by atoms with Crippen molar-refractivity contribution in [2.45, 2.75) is 45.4 Å². The highest BCUT2D eigenvalue weighted by Crippen LogP contribution is 2.54. The van der Waals surface area contributed by atoms with E-state index in [1.54, 1.807) is 0 Å². The highest BCUT2D eigenvalue weighted by molar-refractivity contribution is 7.25. The van der Waals surface area contributed by atoms with Gasteiger partial charge in [0.05, 0.1) is 11.4 Å². The van der Waals surface area contributed by atoms with Crippen LogP contribution in [-0.4, -0.2) is 0 Å². The predicted molar refractivity (Wildman–Crippen MR) is 248 cm³/mol. The van der Waals surface area contributed by atoms with E-state index in [4.69, 9.17) is 0 Å². The van der Waals surface area contributed by atoms with Crippen molar-refractivity contribution in [1.82, 2.24) is 0 Å². The molecule has 9 aromatic carbocycles. The summed E-state index contributed by atoms with van der Waals surface area (Å²) in [5, 5.41) is 10.2. The fourth-order valence-electron chi connectivity index (χ4n) is 9.82. The van der Waals surface area contributed by atoms with Crippen molar-refractivity contribution in [2.75, 3.05) is 4.90 Å². The molecule has 10 aromatic rings. The van der Waals surface area contributed by atoms with Crippen LogP contribution in [0.3, 0.4) is 0 Å². The molecule has 0 spiro atoms. The average molecular weight is 750 g/mol. The Morgan fingerprint density at radius 1 is 0.456 bits per heavy atom. The number of nitrogens with zero attached hydrogens (tertiary/aromatic N) is 1. The van der Waals surface area contributed by atoms with Gasteiger partial charge < -0.3 is 4.90 Å². The van der Waals surface area contributed by atoms with E-state index in [9.17, 15) is 0 Å². The summed E-state index contributed by atoms with van der Waals surface area (Å²) in [5.41, 5.74) is 12.6. The molecule has 274 valence electrons. The summed E-state index contributed by atoms with van der Waals surface area (Å²) in [6, 6.07) is 64.0. The normalized spacial score (nSPS) is 13.5. The van der Waals surface area contributed by atoms with Crippen LogP contribution >= 0.6 is 11.3 Å². The van der Waals surface area contributed by atoms with Crippen LogP contribution in [0.2, 0.25) is 0 Å². The number of benzene rings is 9. The smallest absolute Gasteiger partial charge is 0.0546 e. The first-order valence-electron chi connectivity index (χ1n) is 20.1. The minimum absolute atomic E-state index is 0.0155. The van der Waals surface area contributed by atoms with Crippen molar-refractivity contribution in [3.63, 3.8) is 0 Å². The first-order valence-corrected chi connectivity index (χ1v) is 20.9. The van der Waals surface area contributed by atoms with Gasteiger partial charge in [0.15, 0.2) is 0 Å². The Kier molecular flexibility index (Phi) is 7.40. The molecule has 1 aromatic heterocycles. The molecule has 0 radical (unpaired) electrons. The summed E-state index contributed by atoms with van der Waals surface area (Å²) < 4.78 is 2.62. The van der Waals surface area contributed by atoms with Gasteiger partial charge in [0.1, 0.15) is 0 Å². The molecule has 11 rings (SSSR count). The molecular weight excluding hydrogens is 707 g/mol. The molecule has 0 unspecified atom stereocenters. The highest BCUT2D eigenvalue weighted by atomic mass is 32.1. The monoisotopic (exact) mass is 749 g/mol. The summed E-state index contributed by atoms with van der Waals surface area (Å²) in [6.45, 7) is 11.7. The summed E-state index contributed by atoms with van der Waals surface area (Å²) >= 11 is 1.88. The first-order chi connectivity index (χ1) is 27.7. The van der Waals surface area contributed by atoms with Crippen LogP contribution in [0, 0.1) is 0 Å². The van der Waals surface area contributed by atoms with Gasteiger partial charge in [-0.25, -0.2) is 0 Å². The van der Waals surface area contributed by atoms with Crippen LogP contribution in [0.5, 0.6) is 0 Å².